The monoisotopic (exact) mass is 309 g/mol. The van der Waals surface area contributed by atoms with Crippen molar-refractivity contribution in [2.24, 2.45) is 0 Å². The van der Waals surface area contributed by atoms with E-state index in [0.29, 0.717) is 28.6 Å². The van der Waals surface area contributed by atoms with Crippen molar-refractivity contribution in [2.45, 2.75) is 12.8 Å². The summed E-state index contributed by atoms with van der Waals surface area (Å²) in [5, 5.41) is 0.904. The van der Waals surface area contributed by atoms with Crippen LogP contribution < -0.4 is 10.9 Å². The number of rotatable bonds is 5. The number of pyridine rings is 1. The Morgan fingerprint density at radius 1 is 1.20 bits per heavy atom. The number of hydrogen-bond acceptors (Lipinski definition) is 3. The molecule has 0 aliphatic rings. The second-order valence-electron chi connectivity index (χ2n) is 4.16. The number of nitrogens with zero attached hydrogens (tertiary/aromatic N) is 1. The van der Waals surface area contributed by atoms with E-state index >= 15 is 0 Å². The van der Waals surface area contributed by atoms with E-state index in [2.05, 4.69) is 15.8 Å². The molecule has 2 rings (SSSR count). The molecule has 0 aliphatic heterocycles. The van der Waals surface area contributed by atoms with Crippen LogP contribution in [-0.4, -0.2) is 10.9 Å². The lowest BCUT2D eigenvalue weighted by Crippen LogP contribution is -2.29. The Morgan fingerprint density at radius 3 is 2.75 bits per heavy atom. The van der Waals surface area contributed by atoms with Crippen molar-refractivity contribution in [3.63, 3.8) is 0 Å². The smallest absolute Gasteiger partial charge is 0.238 e. The summed E-state index contributed by atoms with van der Waals surface area (Å²) in [6, 6.07) is 8.82. The Balaban J connectivity index is 1.79. The van der Waals surface area contributed by atoms with E-state index in [1.165, 1.54) is 0 Å². The van der Waals surface area contributed by atoms with E-state index in [4.69, 9.17) is 23.2 Å². The Labute approximate surface area is 127 Å². The van der Waals surface area contributed by atoms with E-state index in [9.17, 15) is 4.79 Å². The van der Waals surface area contributed by atoms with E-state index in [-0.39, 0.29) is 5.91 Å². The molecule has 0 saturated carbocycles. The molecule has 1 heterocycles. The molecule has 1 amide bonds. The summed E-state index contributed by atoms with van der Waals surface area (Å²) in [6.45, 7) is 0. The minimum atomic E-state index is -0.111. The van der Waals surface area contributed by atoms with Gasteiger partial charge in [0.15, 0.2) is 0 Å². The van der Waals surface area contributed by atoms with Crippen LogP contribution in [-0.2, 0) is 11.2 Å². The number of carbonyl (C=O) groups is 1. The molecule has 6 heteroatoms. The van der Waals surface area contributed by atoms with Gasteiger partial charge in [-0.05, 0) is 36.2 Å². The predicted octanol–water partition coefficient (Wildman–Crippen LogP) is 3.46. The Bertz CT molecular complexity index is 590. The zero-order valence-corrected chi connectivity index (χ0v) is 12.1. The molecule has 0 spiro atoms. The summed E-state index contributed by atoms with van der Waals surface area (Å²) in [5.74, 6) is -0.111. The van der Waals surface area contributed by atoms with Crippen LogP contribution >= 0.6 is 23.2 Å². The van der Waals surface area contributed by atoms with Gasteiger partial charge in [0.2, 0.25) is 5.91 Å². The van der Waals surface area contributed by atoms with Crippen LogP contribution in [0.4, 0.5) is 5.69 Å². The Kier molecular flexibility index (Phi) is 5.21. The summed E-state index contributed by atoms with van der Waals surface area (Å²) in [5.41, 5.74) is 7.10. The molecule has 2 N–H and O–H groups in total. The molecule has 0 atom stereocenters. The molecule has 0 aliphatic carbocycles. The van der Waals surface area contributed by atoms with Crippen molar-refractivity contribution in [2.75, 3.05) is 5.43 Å². The normalized spacial score (nSPS) is 10.1. The Morgan fingerprint density at radius 2 is 2.05 bits per heavy atom. The third-order valence-electron chi connectivity index (χ3n) is 2.63. The van der Waals surface area contributed by atoms with Crippen molar-refractivity contribution in [3.05, 3.63) is 58.3 Å². The summed E-state index contributed by atoms with van der Waals surface area (Å²) < 4.78 is 0. The third kappa shape index (κ3) is 4.40. The van der Waals surface area contributed by atoms with Crippen molar-refractivity contribution >= 4 is 34.8 Å². The maximum atomic E-state index is 11.7. The third-order valence-corrected chi connectivity index (χ3v) is 3.37. The van der Waals surface area contributed by atoms with Crippen molar-refractivity contribution < 1.29 is 4.79 Å². The SMILES string of the molecule is O=C(CCc1cccnc1)NNc1ccc(Cl)c(Cl)c1. The number of benzene rings is 1. The number of carbonyl (C=O) groups excluding carboxylic acids is 1. The Hall–Kier alpha value is -1.78. The highest BCUT2D eigenvalue weighted by Crippen LogP contribution is 2.24. The van der Waals surface area contributed by atoms with Crippen LogP contribution in [0.5, 0.6) is 0 Å². The molecule has 0 radical (unpaired) electrons. The summed E-state index contributed by atoms with van der Waals surface area (Å²) >= 11 is 11.7. The molecule has 0 fully saturated rings. The molecule has 4 nitrogen and oxygen atoms in total. The van der Waals surface area contributed by atoms with Crippen LogP contribution in [0.15, 0.2) is 42.7 Å². The van der Waals surface area contributed by atoms with Crippen molar-refractivity contribution in [3.8, 4) is 0 Å². The second-order valence-corrected chi connectivity index (χ2v) is 4.98. The molecule has 20 heavy (non-hydrogen) atoms. The number of nitrogens with one attached hydrogen (secondary N) is 2. The van der Waals surface area contributed by atoms with Crippen LogP contribution in [0.2, 0.25) is 10.0 Å². The fourth-order valence-corrected chi connectivity index (χ4v) is 1.88. The van der Waals surface area contributed by atoms with Gasteiger partial charge >= 0.3 is 0 Å². The summed E-state index contributed by atoms with van der Waals surface area (Å²) in [4.78, 5) is 15.7. The zero-order valence-electron chi connectivity index (χ0n) is 10.6. The maximum Gasteiger partial charge on any atom is 0.238 e. The molecule has 104 valence electrons. The second kappa shape index (κ2) is 7.12. The van der Waals surface area contributed by atoms with Gasteiger partial charge in [-0.2, -0.15) is 0 Å². The molecule has 0 saturated heterocycles. The fraction of sp³-hybridized carbons (Fsp3) is 0.143. The van der Waals surface area contributed by atoms with Gasteiger partial charge in [-0.3, -0.25) is 20.6 Å². The number of aromatic nitrogens is 1. The van der Waals surface area contributed by atoms with Gasteiger partial charge in [0.1, 0.15) is 0 Å². The first-order chi connectivity index (χ1) is 9.65. The van der Waals surface area contributed by atoms with Gasteiger partial charge in [0, 0.05) is 18.8 Å². The fourth-order valence-electron chi connectivity index (χ4n) is 1.58. The largest absolute Gasteiger partial charge is 0.299 e. The van der Waals surface area contributed by atoms with Gasteiger partial charge in [0.25, 0.3) is 0 Å². The van der Waals surface area contributed by atoms with Gasteiger partial charge in [-0.15, -0.1) is 0 Å². The summed E-state index contributed by atoms with van der Waals surface area (Å²) in [6.07, 6.45) is 4.47. The first-order valence-electron chi connectivity index (χ1n) is 6.04. The lowest BCUT2D eigenvalue weighted by Gasteiger charge is -2.09. The highest BCUT2D eigenvalue weighted by Gasteiger charge is 2.03. The number of amides is 1. The average molecular weight is 310 g/mol. The van der Waals surface area contributed by atoms with E-state index in [1.807, 2.05) is 12.1 Å². The molecule has 0 unspecified atom stereocenters. The molecular formula is C14H13Cl2N3O. The topological polar surface area (TPSA) is 54.0 Å². The molecule has 1 aromatic carbocycles. The van der Waals surface area contributed by atoms with E-state index in [0.717, 1.165) is 5.56 Å². The maximum absolute atomic E-state index is 11.7. The highest BCUT2D eigenvalue weighted by molar-refractivity contribution is 6.42. The number of hydrogen-bond donors (Lipinski definition) is 2. The van der Waals surface area contributed by atoms with Gasteiger partial charge in [-0.25, -0.2) is 0 Å². The molecule has 2 aromatic rings. The quantitative estimate of drug-likeness (QED) is 0.832. The number of hydrazine groups is 1. The zero-order chi connectivity index (χ0) is 14.4. The lowest BCUT2D eigenvalue weighted by atomic mass is 10.1. The van der Waals surface area contributed by atoms with E-state index < -0.39 is 0 Å². The van der Waals surface area contributed by atoms with Gasteiger partial charge < -0.3 is 0 Å². The first kappa shape index (κ1) is 14.6. The molecule has 0 bridgehead atoms. The molecular weight excluding hydrogens is 297 g/mol. The summed E-state index contributed by atoms with van der Waals surface area (Å²) in [7, 11) is 0. The first-order valence-corrected chi connectivity index (χ1v) is 6.79. The van der Waals surface area contributed by atoms with Gasteiger partial charge in [-0.1, -0.05) is 29.3 Å². The average Bonchev–Trinajstić information content (AvgIpc) is 2.47. The standard InChI is InChI=1S/C14H13Cl2N3O/c15-12-5-4-11(8-13(12)16)18-19-14(20)6-3-10-2-1-7-17-9-10/h1-2,4-5,7-9,18H,3,6H2,(H,19,20). The number of aryl methyl sites for hydroxylation is 1. The predicted molar refractivity (Wildman–Crippen MR) is 80.8 cm³/mol. The van der Waals surface area contributed by atoms with Crippen LogP contribution in [0.1, 0.15) is 12.0 Å². The van der Waals surface area contributed by atoms with Crippen LogP contribution in [0.3, 0.4) is 0 Å². The van der Waals surface area contributed by atoms with Crippen molar-refractivity contribution in [1.29, 1.82) is 0 Å². The van der Waals surface area contributed by atoms with Crippen molar-refractivity contribution in [1.82, 2.24) is 10.4 Å². The molecule has 1 aromatic heterocycles. The highest BCUT2D eigenvalue weighted by atomic mass is 35.5. The minimum Gasteiger partial charge on any atom is -0.299 e. The number of anilines is 1. The number of halogens is 2. The lowest BCUT2D eigenvalue weighted by molar-refractivity contribution is -0.120. The minimum absolute atomic E-state index is 0.111. The van der Waals surface area contributed by atoms with Crippen LogP contribution in [0.25, 0.3) is 0 Å². The van der Waals surface area contributed by atoms with E-state index in [1.54, 1.807) is 30.6 Å². The van der Waals surface area contributed by atoms with Gasteiger partial charge in [0.05, 0.1) is 15.7 Å². The van der Waals surface area contributed by atoms with Crippen LogP contribution in [0, 0.1) is 0 Å².